The summed E-state index contributed by atoms with van der Waals surface area (Å²) in [5.41, 5.74) is 2.11. The number of anilines is 2. The van der Waals surface area contributed by atoms with Crippen LogP contribution in [0.2, 0.25) is 15.1 Å². The molecule has 0 spiro atoms. The maximum absolute atomic E-state index is 12.0. The SMILES string of the molecule is COc1cc(Cl)c(C)cc1NCC(=O)Nc1cc(Cl)cc(Cl)c1. The van der Waals surface area contributed by atoms with Crippen LogP contribution in [0.3, 0.4) is 0 Å². The van der Waals surface area contributed by atoms with Gasteiger partial charge in [0.2, 0.25) is 5.91 Å². The topological polar surface area (TPSA) is 50.4 Å². The quantitative estimate of drug-likeness (QED) is 0.774. The first-order valence-corrected chi connectivity index (χ1v) is 7.86. The van der Waals surface area contributed by atoms with E-state index in [0.717, 1.165) is 5.56 Å². The van der Waals surface area contributed by atoms with Crippen molar-refractivity contribution in [3.63, 3.8) is 0 Å². The van der Waals surface area contributed by atoms with E-state index in [1.807, 2.05) is 13.0 Å². The van der Waals surface area contributed by atoms with Crippen molar-refractivity contribution >= 4 is 52.1 Å². The van der Waals surface area contributed by atoms with Crippen LogP contribution in [0.15, 0.2) is 30.3 Å². The van der Waals surface area contributed by atoms with E-state index in [-0.39, 0.29) is 12.5 Å². The van der Waals surface area contributed by atoms with E-state index < -0.39 is 0 Å². The lowest BCUT2D eigenvalue weighted by Gasteiger charge is -2.13. The number of rotatable bonds is 5. The summed E-state index contributed by atoms with van der Waals surface area (Å²) in [6.45, 7) is 1.93. The van der Waals surface area contributed by atoms with Gasteiger partial charge in [0, 0.05) is 26.8 Å². The minimum absolute atomic E-state index is 0.0571. The summed E-state index contributed by atoms with van der Waals surface area (Å²) in [5.74, 6) is 0.331. The molecule has 0 saturated heterocycles. The number of amides is 1. The molecule has 0 aliphatic carbocycles. The molecule has 0 aliphatic rings. The maximum atomic E-state index is 12.0. The fourth-order valence-electron chi connectivity index (χ4n) is 1.98. The van der Waals surface area contributed by atoms with E-state index in [4.69, 9.17) is 39.5 Å². The first kappa shape index (κ1) is 17.7. The van der Waals surface area contributed by atoms with Gasteiger partial charge < -0.3 is 15.4 Å². The molecule has 4 nitrogen and oxygen atoms in total. The standard InChI is InChI=1S/C16H15Cl3N2O2/c1-9-3-14(15(23-2)7-13(9)19)20-8-16(22)21-12-5-10(17)4-11(18)6-12/h3-7,20H,8H2,1-2H3,(H,21,22). The summed E-state index contributed by atoms with van der Waals surface area (Å²) in [6.07, 6.45) is 0. The average Bonchev–Trinajstić information content (AvgIpc) is 2.47. The van der Waals surface area contributed by atoms with Crippen LogP contribution in [-0.2, 0) is 4.79 Å². The Morgan fingerprint density at radius 3 is 2.35 bits per heavy atom. The first-order chi connectivity index (χ1) is 10.9. The molecule has 0 bridgehead atoms. The molecule has 7 heteroatoms. The third kappa shape index (κ3) is 4.93. The Kier molecular flexibility index (Phi) is 5.99. The fraction of sp³-hybridized carbons (Fsp3) is 0.188. The van der Waals surface area contributed by atoms with E-state index in [9.17, 15) is 4.79 Å². The minimum atomic E-state index is -0.238. The van der Waals surface area contributed by atoms with Crippen molar-refractivity contribution in [1.82, 2.24) is 0 Å². The van der Waals surface area contributed by atoms with Gasteiger partial charge in [-0.05, 0) is 36.8 Å². The zero-order valence-electron chi connectivity index (χ0n) is 12.5. The summed E-state index contributed by atoms with van der Waals surface area (Å²) in [4.78, 5) is 12.0. The maximum Gasteiger partial charge on any atom is 0.243 e. The molecule has 2 aromatic carbocycles. The number of methoxy groups -OCH3 is 1. The van der Waals surface area contributed by atoms with Gasteiger partial charge in [-0.25, -0.2) is 0 Å². The van der Waals surface area contributed by atoms with Gasteiger partial charge >= 0.3 is 0 Å². The third-order valence-electron chi connectivity index (χ3n) is 3.07. The van der Waals surface area contributed by atoms with Crippen LogP contribution in [0.5, 0.6) is 5.75 Å². The van der Waals surface area contributed by atoms with Crippen molar-refractivity contribution < 1.29 is 9.53 Å². The molecule has 1 amide bonds. The van der Waals surface area contributed by atoms with Gasteiger partial charge in [0.15, 0.2) is 0 Å². The first-order valence-electron chi connectivity index (χ1n) is 6.73. The molecule has 0 unspecified atom stereocenters. The number of hydrogen-bond acceptors (Lipinski definition) is 3. The monoisotopic (exact) mass is 372 g/mol. The van der Waals surface area contributed by atoms with Gasteiger partial charge in [-0.3, -0.25) is 4.79 Å². The Labute approximate surface area is 149 Å². The minimum Gasteiger partial charge on any atom is -0.495 e. The molecular weight excluding hydrogens is 359 g/mol. The summed E-state index contributed by atoms with van der Waals surface area (Å²) >= 11 is 17.8. The molecule has 0 heterocycles. The van der Waals surface area contributed by atoms with E-state index in [1.165, 1.54) is 0 Å². The highest BCUT2D eigenvalue weighted by Gasteiger charge is 2.09. The Hall–Kier alpha value is -1.62. The van der Waals surface area contributed by atoms with Crippen LogP contribution in [0, 0.1) is 6.92 Å². The van der Waals surface area contributed by atoms with E-state index in [2.05, 4.69) is 10.6 Å². The molecule has 0 fully saturated rings. The summed E-state index contributed by atoms with van der Waals surface area (Å²) in [7, 11) is 1.54. The second kappa shape index (κ2) is 7.77. The van der Waals surface area contributed by atoms with Crippen molar-refractivity contribution in [2.45, 2.75) is 6.92 Å². The largest absolute Gasteiger partial charge is 0.495 e. The third-order valence-corrected chi connectivity index (χ3v) is 3.91. The number of carbonyl (C=O) groups is 1. The smallest absolute Gasteiger partial charge is 0.243 e. The predicted octanol–water partition coefficient (Wildman–Crippen LogP) is 5.01. The van der Waals surface area contributed by atoms with Crippen LogP contribution in [0.1, 0.15) is 5.56 Å². The molecule has 0 aliphatic heterocycles. The molecule has 23 heavy (non-hydrogen) atoms. The van der Waals surface area contributed by atoms with Crippen LogP contribution in [0.25, 0.3) is 0 Å². The lowest BCUT2D eigenvalue weighted by Crippen LogP contribution is -2.22. The lowest BCUT2D eigenvalue weighted by atomic mass is 10.2. The highest BCUT2D eigenvalue weighted by atomic mass is 35.5. The second-order valence-corrected chi connectivity index (χ2v) is 6.14. The molecule has 2 N–H and O–H groups in total. The van der Waals surface area contributed by atoms with Gasteiger partial charge in [0.25, 0.3) is 0 Å². The van der Waals surface area contributed by atoms with Gasteiger partial charge in [0.1, 0.15) is 5.75 Å². The Bertz CT molecular complexity index is 715. The Balaban J connectivity index is 2.03. The van der Waals surface area contributed by atoms with Gasteiger partial charge in [-0.2, -0.15) is 0 Å². The Morgan fingerprint density at radius 1 is 1.09 bits per heavy atom. The zero-order chi connectivity index (χ0) is 17.0. The van der Waals surface area contributed by atoms with Crippen molar-refractivity contribution in [3.05, 3.63) is 51.0 Å². The van der Waals surface area contributed by atoms with Crippen molar-refractivity contribution in [2.24, 2.45) is 0 Å². The number of nitrogens with one attached hydrogen (secondary N) is 2. The van der Waals surface area contributed by atoms with Gasteiger partial charge in [0.05, 0.1) is 19.3 Å². The van der Waals surface area contributed by atoms with Gasteiger partial charge in [-0.15, -0.1) is 0 Å². The summed E-state index contributed by atoms with van der Waals surface area (Å²) < 4.78 is 5.25. The van der Waals surface area contributed by atoms with E-state index in [0.29, 0.717) is 32.2 Å². The van der Waals surface area contributed by atoms with E-state index >= 15 is 0 Å². The molecule has 0 atom stereocenters. The summed E-state index contributed by atoms with van der Waals surface area (Å²) in [6, 6.07) is 8.37. The normalized spacial score (nSPS) is 10.3. The molecule has 0 radical (unpaired) electrons. The molecule has 0 saturated carbocycles. The highest BCUT2D eigenvalue weighted by Crippen LogP contribution is 2.30. The van der Waals surface area contributed by atoms with Crippen molar-refractivity contribution in [2.75, 3.05) is 24.3 Å². The number of ether oxygens (including phenoxy) is 1. The fourth-order valence-corrected chi connectivity index (χ4v) is 2.66. The predicted molar refractivity (Wildman–Crippen MR) is 96.3 cm³/mol. The van der Waals surface area contributed by atoms with Crippen molar-refractivity contribution in [3.8, 4) is 5.75 Å². The zero-order valence-corrected chi connectivity index (χ0v) is 14.8. The van der Waals surface area contributed by atoms with Gasteiger partial charge in [-0.1, -0.05) is 34.8 Å². The molecule has 0 aromatic heterocycles. The second-order valence-electron chi connectivity index (χ2n) is 4.86. The lowest BCUT2D eigenvalue weighted by molar-refractivity contribution is -0.114. The summed E-state index contributed by atoms with van der Waals surface area (Å²) in [5, 5.41) is 7.25. The number of hydrogen-bond donors (Lipinski definition) is 2. The van der Waals surface area contributed by atoms with Crippen LogP contribution >= 0.6 is 34.8 Å². The Morgan fingerprint density at radius 2 is 1.74 bits per heavy atom. The molecule has 2 rings (SSSR count). The molecule has 122 valence electrons. The van der Waals surface area contributed by atoms with Crippen LogP contribution < -0.4 is 15.4 Å². The average molecular weight is 374 g/mol. The van der Waals surface area contributed by atoms with Crippen LogP contribution in [0.4, 0.5) is 11.4 Å². The highest BCUT2D eigenvalue weighted by molar-refractivity contribution is 6.35. The van der Waals surface area contributed by atoms with Crippen molar-refractivity contribution in [1.29, 1.82) is 0 Å². The molecular formula is C16H15Cl3N2O2. The van der Waals surface area contributed by atoms with Crippen LogP contribution in [-0.4, -0.2) is 19.6 Å². The number of aryl methyl sites for hydroxylation is 1. The number of carbonyl (C=O) groups excluding carboxylic acids is 1. The number of halogens is 3. The number of benzene rings is 2. The molecule has 2 aromatic rings. The van der Waals surface area contributed by atoms with E-state index in [1.54, 1.807) is 31.4 Å².